The van der Waals surface area contributed by atoms with E-state index in [0.29, 0.717) is 12.8 Å². The predicted octanol–water partition coefficient (Wildman–Crippen LogP) is 21.9. The molecule has 0 saturated heterocycles. The Balaban J connectivity index is 3.59. The molecule has 5 nitrogen and oxygen atoms in total. The van der Waals surface area contributed by atoms with Crippen molar-refractivity contribution >= 4 is 11.9 Å². The maximum absolute atomic E-state index is 12.3. The van der Waals surface area contributed by atoms with Gasteiger partial charge in [0.05, 0.1) is 6.61 Å². The van der Waals surface area contributed by atoms with Crippen LogP contribution in [0.5, 0.6) is 0 Å². The van der Waals surface area contributed by atoms with Crippen molar-refractivity contribution < 1.29 is 24.2 Å². The number of ether oxygens (including phenoxy) is 2. The number of hydrogen-bond donors (Lipinski definition) is 1. The zero-order chi connectivity index (χ0) is 56.2. The number of rotatable bonds is 55. The number of esters is 2. The minimum absolute atomic E-state index is 0.0901. The van der Waals surface area contributed by atoms with Crippen LogP contribution in [0.15, 0.2) is 182 Å². The molecule has 0 aromatic rings. The Bertz CT molecular complexity index is 1780. The Morgan fingerprint density at radius 3 is 0.769 bits per heavy atom. The molecule has 0 aromatic heterocycles. The lowest BCUT2D eigenvalue weighted by Gasteiger charge is -2.15. The van der Waals surface area contributed by atoms with E-state index >= 15 is 0 Å². The summed E-state index contributed by atoms with van der Waals surface area (Å²) < 4.78 is 10.7. The highest BCUT2D eigenvalue weighted by Crippen LogP contribution is 2.15. The van der Waals surface area contributed by atoms with Crippen LogP contribution in [0, 0.1) is 0 Å². The van der Waals surface area contributed by atoms with Gasteiger partial charge in [-0.3, -0.25) is 9.59 Å². The van der Waals surface area contributed by atoms with Crippen LogP contribution in [-0.4, -0.2) is 36.4 Å². The normalized spacial score (nSPS) is 13.5. The SMILES string of the molecule is CC/C=C\C/C=C\C/C=C\C/C=C\C/C=C\C/C=C\C/C=C\C/C=C\C/C=C\CCCCCCCCCCCCCCCC(=O)OC(CO)COC(=O)CCCCCC/C=C\C/C=C\C/C=C\C/C=C\C/C=C\C/C=C\CC. The largest absolute Gasteiger partial charge is 0.462 e. The molecule has 0 fully saturated rings. The minimum atomic E-state index is -0.798. The van der Waals surface area contributed by atoms with E-state index in [9.17, 15) is 14.7 Å². The number of aliphatic hydroxyl groups excluding tert-OH is 1. The molecule has 1 unspecified atom stereocenters. The van der Waals surface area contributed by atoms with Gasteiger partial charge in [-0.15, -0.1) is 0 Å². The van der Waals surface area contributed by atoms with Crippen LogP contribution >= 0.6 is 0 Å². The van der Waals surface area contributed by atoms with E-state index in [2.05, 4.69) is 196 Å². The van der Waals surface area contributed by atoms with Gasteiger partial charge < -0.3 is 14.6 Å². The van der Waals surface area contributed by atoms with Gasteiger partial charge >= 0.3 is 11.9 Å². The second kappa shape index (κ2) is 66.3. The summed E-state index contributed by atoms with van der Waals surface area (Å²) in [6.07, 6.45) is 104. The lowest BCUT2D eigenvalue weighted by molar-refractivity contribution is -0.161. The van der Waals surface area contributed by atoms with Gasteiger partial charge in [0.15, 0.2) is 6.10 Å². The summed E-state index contributed by atoms with van der Waals surface area (Å²) in [7, 11) is 0. The Hall–Kier alpha value is -5.00. The fourth-order valence-electron chi connectivity index (χ4n) is 8.08. The number of carbonyl (C=O) groups excluding carboxylic acids is 2. The molecule has 0 rings (SSSR count). The third-order valence-corrected chi connectivity index (χ3v) is 12.7. The zero-order valence-electron chi connectivity index (χ0n) is 49.8. The van der Waals surface area contributed by atoms with Crippen LogP contribution in [0.25, 0.3) is 0 Å². The molecule has 78 heavy (non-hydrogen) atoms. The van der Waals surface area contributed by atoms with Crippen molar-refractivity contribution in [3.8, 4) is 0 Å². The van der Waals surface area contributed by atoms with Crippen molar-refractivity contribution in [3.05, 3.63) is 182 Å². The first-order valence-electron chi connectivity index (χ1n) is 31.3. The highest BCUT2D eigenvalue weighted by atomic mass is 16.6. The van der Waals surface area contributed by atoms with Crippen molar-refractivity contribution in [2.45, 2.75) is 251 Å². The van der Waals surface area contributed by atoms with E-state index in [0.717, 1.165) is 148 Å². The van der Waals surface area contributed by atoms with Crippen molar-refractivity contribution in [1.82, 2.24) is 0 Å². The number of allylic oxidation sites excluding steroid dienone is 30. The van der Waals surface area contributed by atoms with Crippen LogP contribution in [0.1, 0.15) is 245 Å². The fourth-order valence-corrected chi connectivity index (χ4v) is 8.08. The topological polar surface area (TPSA) is 72.8 Å². The highest BCUT2D eigenvalue weighted by molar-refractivity contribution is 5.70. The van der Waals surface area contributed by atoms with Gasteiger partial charge in [0.25, 0.3) is 0 Å². The summed E-state index contributed by atoms with van der Waals surface area (Å²) in [5.74, 6) is -0.631. The van der Waals surface area contributed by atoms with E-state index in [4.69, 9.17) is 9.47 Å². The molecule has 1 atom stereocenters. The first-order chi connectivity index (χ1) is 38.6. The average Bonchev–Trinajstić information content (AvgIpc) is 3.44. The molecule has 0 aromatic carbocycles. The average molecular weight is 1070 g/mol. The minimum Gasteiger partial charge on any atom is -0.462 e. The highest BCUT2D eigenvalue weighted by Gasteiger charge is 2.16. The van der Waals surface area contributed by atoms with Gasteiger partial charge in [0, 0.05) is 12.8 Å². The first-order valence-corrected chi connectivity index (χ1v) is 31.3. The Morgan fingerprint density at radius 2 is 0.513 bits per heavy atom. The van der Waals surface area contributed by atoms with Crippen LogP contribution in [0.4, 0.5) is 0 Å². The number of hydrogen-bond acceptors (Lipinski definition) is 5. The van der Waals surface area contributed by atoms with E-state index in [1.807, 2.05) is 0 Å². The molecule has 436 valence electrons. The molecule has 1 N–H and O–H groups in total. The second-order valence-corrected chi connectivity index (χ2v) is 20.0. The molecular weight excluding hydrogens is 957 g/mol. The zero-order valence-corrected chi connectivity index (χ0v) is 49.8. The monoisotopic (exact) mass is 1070 g/mol. The molecule has 0 radical (unpaired) electrons. The standard InChI is InChI=1S/C73H114O5/c1-3-5-7-9-11-13-15-17-19-21-23-25-27-28-29-30-31-32-33-34-35-36-37-38-39-40-41-42-43-44-46-48-50-52-54-56-58-60-62-64-66-68-73(76)78-71(69-74)70-77-72(75)67-65-63-61-59-57-55-53-51-49-47-45-26-24-22-20-18-16-14-12-10-8-6-4-2/h5-8,11-14,17-20,23-26,28-29,31-32,34-35,37-38,40-41,47,49,53,55,71,74H,3-4,9-10,15-16,21-22,27,30,33,36,39,42-46,48,50-52,54,56-70H2,1-2H3/b7-5-,8-6-,13-11-,14-12-,19-17-,20-18-,25-23-,26-24-,29-28-,32-31-,35-34-,38-37-,41-40-,49-47-,55-53-. The third-order valence-electron chi connectivity index (χ3n) is 12.7. The summed E-state index contributed by atoms with van der Waals surface area (Å²) in [6.45, 7) is 3.88. The van der Waals surface area contributed by atoms with Crippen LogP contribution < -0.4 is 0 Å². The third kappa shape index (κ3) is 63.5. The summed E-state index contributed by atoms with van der Waals surface area (Å²) >= 11 is 0. The molecule has 5 heteroatoms. The molecule has 0 aliphatic rings. The lowest BCUT2D eigenvalue weighted by Crippen LogP contribution is -2.28. The van der Waals surface area contributed by atoms with Crippen molar-refractivity contribution in [3.63, 3.8) is 0 Å². The molecular formula is C73H114O5. The maximum Gasteiger partial charge on any atom is 0.306 e. The molecule has 0 amide bonds. The van der Waals surface area contributed by atoms with Gasteiger partial charge in [-0.2, -0.15) is 0 Å². The smallest absolute Gasteiger partial charge is 0.306 e. The molecule has 0 heterocycles. The van der Waals surface area contributed by atoms with Gasteiger partial charge in [-0.05, 0) is 135 Å². The number of aliphatic hydroxyl groups is 1. The van der Waals surface area contributed by atoms with E-state index in [1.165, 1.54) is 70.6 Å². The number of unbranched alkanes of at least 4 members (excludes halogenated alkanes) is 17. The van der Waals surface area contributed by atoms with Crippen LogP contribution in [0.3, 0.4) is 0 Å². The number of carbonyl (C=O) groups is 2. The van der Waals surface area contributed by atoms with Crippen molar-refractivity contribution in [2.24, 2.45) is 0 Å². The Labute approximate surface area is 480 Å². The van der Waals surface area contributed by atoms with E-state index in [1.54, 1.807) is 0 Å². The van der Waals surface area contributed by atoms with Gasteiger partial charge in [0.2, 0.25) is 0 Å². The summed E-state index contributed by atoms with van der Waals surface area (Å²) in [5.41, 5.74) is 0. The van der Waals surface area contributed by atoms with Crippen molar-refractivity contribution in [1.29, 1.82) is 0 Å². The quantitative estimate of drug-likeness (QED) is 0.0373. The molecule has 0 bridgehead atoms. The summed E-state index contributed by atoms with van der Waals surface area (Å²) in [6, 6.07) is 0. The van der Waals surface area contributed by atoms with Crippen molar-refractivity contribution in [2.75, 3.05) is 13.2 Å². The van der Waals surface area contributed by atoms with Crippen LogP contribution in [0.2, 0.25) is 0 Å². The van der Waals surface area contributed by atoms with Crippen LogP contribution in [-0.2, 0) is 19.1 Å². The van der Waals surface area contributed by atoms with E-state index in [-0.39, 0.29) is 25.2 Å². The summed E-state index contributed by atoms with van der Waals surface area (Å²) in [5, 5.41) is 9.67. The van der Waals surface area contributed by atoms with E-state index < -0.39 is 6.10 Å². The summed E-state index contributed by atoms with van der Waals surface area (Å²) in [4.78, 5) is 24.6. The first kappa shape index (κ1) is 73.0. The van der Waals surface area contributed by atoms with Gasteiger partial charge in [-0.1, -0.05) is 280 Å². The molecule has 0 aliphatic carbocycles. The van der Waals surface area contributed by atoms with Gasteiger partial charge in [0.1, 0.15) is 6.61 Å². The Morgan fingerprint density at radius 1 is 0.295 bits per heavy atom. The molecule has 0 saturated carbocycles. The molecule has 0 spiro atoms. The fraction of sp³-hybridized carbons (Fsp3) is 0.562. The second-order valence-electron chi connectivity index (χ2n) is 20.0. The molecule has 0 aliphatic heterocycles. The lowest BCUT2D eigenvalue weighted by atomic mass is 10.0. The predicted molar refractivity (Wildman–Crippen MR) is 343 cm³/mol. The van der Waals surface area contributed by atoms with Gasteiger partial charge in [-0.25, -0.2) is 0 Å². The maximum atomic E-state index is 12.3. The Kier molecular flexibility index (Phi) is 62.0.